The van der Waals surface area contributed by atoms with Crippen molar-refractivity contribution in [2.24, 2.45) is 0 Å². The summed E-state index contributed by atoms with van der Waals surface area (Å²) in [6.45, 7) is 7.58. The first-order chi connectivity index (χ1) is 9.63. The van der Waals surface area contributed by atoms with Crippen molar-refractivity contribution < 1.29 is 19.7 Å². The lowest BCUT2D eigenvalue weighted by molar-refractivity contribution is -0.122. The number of nitrogens with one attached hydrogen (secondary N) is 1. The molecule has 5 nitrogen and oxygen atoms in total. The van der Waals surface area contributed by atoms with Gasteiger partial charge in [-0.05, 0) is 32.0 Å². The molecule has 1 aliphatic rings. The van der Waals surface area contributed by atoms with Crippen LogP contribution in [0.2, 0.25) is 0 Å². The summed E-state index contributed by atoms with van der Waals surface area (Å²) in [5, 5.41) is 18.6. The molecule has 0 spiro atoms. The minimum absolute atomic E-state index is 0.0648. The van der Waals surface area contributed by atoms with Gasteiger partial charge in [0, 0.05) is 6.54 Å². The van der Waals surface area contributed by atoms with Crippen molar-refractivity contribution in [3.63, 3.8) is 0 Å². The van der Waals surface area contributed by atoms with Crippen LogP contribution in [0.4, 0.5) is 0 Å². The molecule has 1 fully saturated rings. The van der Waals surface area contributed by atoms with Crippen molar-refractivity contribution in [2.75, 3.05) is 20.2 Å². The van der Waals surface area contributed by atoms with Crippen molar-refractivity contribution >= 4 is 6.47 Å². The number of aliphatic hydroxyl groups is 1. The number of hydrogen-bond acceptors (Lipinski definition) is 4. The maximum absolute atomic E-state index is 8.67. The van der Waals surface area contributed by atoms with Crippen molar-refractivity contribution in [1.29, 1.82) is 0 Å². The van der Waals surface area contributed by atoms with Gasteiger partial charge in [-0.25, -0.2) is 0 Å². The summed E-state index contributed by atoms with van der Waals surface area (Å²) in [5.74, 6) is 0.917. The zero-order valence-electron chi connectivity index (χ0n) is 12.8. The predicted molar refractivity (Wildman–Crippen MR) is 81.3 cm³/mol. The summed E-state index contributed by atoms with van der Waals surface area (Å²) in [4.78, 5) is 8.36. The normalized spacial score (nSPS) is 15.3. The second-order valence-corrected chi connectivity index (χ2v) is 3.77. The third kappa shape index (κ3) is 12.9. The zero-order valence-corrected chi connectivity index (χ0v) is 12.8. The molecule has 2 rings (SSSR count). The minimum atomic E-state index is -0.250. The topological polar surface area (TPSA) is 78.8 Å². The lowest BCUT2D eigenvalue weighted by Crippen LogP contribution is -2.11. The standard InChI is InChI=1S/C8H10O.C4H9NO.C2H6.CH2O2/c1-7-3-5-8(9-2)6-4-7;6-4-1-2-5-3-4;1-2;2-1-3/h3-6H,1-2H3;4-6H,1-3H2;1-2H3;1H,(H,2,3). The Morgan fingerprint density at radius 1 is 1.30 bits per heavy atom. The Labute approximate surface area is 121 Å². The molecule has 1 aromatic carbocycles. The van der Waals surface area contributed by atoms with Crippen LogP contribution in [0.5, 0.6) is 5.75 Å². The Bertz CT molecular complexity index is 308. The smallest absolute Gasteiger partial charge is 0.290 e. The van der Waals surface area contributed by atoms with Crippen LogP contribution in [0.3, 0.4) is 0 Å². The SMILES string of the molecule is CC.COc1ccc(C)cc1.O=CO.OC1CCNC1. The molecular weight excluding hydrogens is 258 g/mol. The van der Waals surface area contributed by atoms with E-state index in [1.165, 1.54) is 5.56 Å². The number of β-amino-alcohol motifs (C(OH)–C–C–N with tert-alkyl or cyclic N) is 1. The zero-order chi connectivity index (χ0) is 15.8. The Morgan fingerprint density at radius 2 is 1.80 bits per heavy atom. The monoisotopic (exact) mass is 285 g/mol. The van der Waals surface area contributed by atoms with Gasteiger partial charge in [-0.1, -0.05) is 31.5 Å². The van der Waals surface area contributed by atoms with Crippen LogP contribution in [-0.4, -0.2) is 43.0 Å². The predicted octanol–water partition coefficient (Wildman–Crippen LogP) is 2.07. The Hall–Kier alpha value is -1.59. The molecule has 1 unspecified atom stereocenters. The molecule has 1 aliphatic heterocycles. The molecule has 0 aromatic heterocycles. The number of aryl methyl sites for hydroxylation is 1. The summed E-state index contributed by atoms with van der Waals surface area (Å²) in [5.41, 5.74) is 1.26. The number of rotatable bonds is 1. The summed E-state index contributed by atoms with van der Waals surface area (Å²) in [6, 6.07) is 7.96. The van der Waals surface area contributed by atoms with Crippen LogP contribution in [0.25, 0.3) is 0 Å². The van der Waals surface area contributed by atoms with Gasteiger partial charge in [-0.15, -0.1) is 0 Å². The van der Waals surface area contributed by atoms with E-state index in [2.05, 4.69) is 12.2 Å². The summed E-state index contributed by atoms with van der Waals surface area (Å²) >= 11 is 0. The first-order valence-electron chi connectivity index (χ1n) is 6.71. The molecular formula is C15H27NO4. The van der Waals surface area contributed by atoms with Crippen molar-refractivity contribution in [2.45, 2.75) is 33.3 Å². The number of ether oxygens (including phenoxy) is 1. The second kappa shape index (κ2) is 15.5. The molecule has 0 saturated carbocycles. The maximum Gasteiger partial charge on any atom is 0.290 e. The Morgan fingerprint density at radius 3 is 2.05 bits per heavy atom. The molecule has 1 saturated heterocycles. The number of carboxylic acid groups (broad SMARTS) is 1. The molecule has 3 N–H and O–H groups in total. The highest BCUT2D eigenvalue weighted by atomic mass is 16.5. The maximum atomic E-state index is 8.67. The third-order valence-electron chi connectivity index (χ3n) is 2.29. The third-order valence-corrected chi connectivity index (χ3v) is 2.29. The first kappa shape index (κ1) is 20.7. The van der Waals surface area contributed by atoms with Crippen molar-refractivity contribution in [1.82, 2.24) is 5.32 Å². The molecule has 1 heterocycles. The van der Waals surface area contributed by atoms with Crippen LogP contribution >= 0.6 is 0 Å². The molecule has 0 radical (unpaired) electrons. The number of carbonyl (C=O) groups is 1. The molecule has 20 heavy (non-hydrogen) atoms. The van der Waals surface area contributed by atoms with E-state index in [1.54, 1.807) is 7.11 Å². The first-order valence-corrected chi connectivity index (χ1v) is 6.71. The van der Waals surface area contributed by atoms with Crippen LogP contribution in [0.15, 0.2) is 24.3 Å². The summed E-state index contributed by atoms with van der Waals surface area (Å²) in [7, 11) is 1.67. The second-order valence-electron chi connectivity index (χ2n) is 3.77. The van der Waals surface area contributed by atoms with Crippen LogP contribution in [0, 0.1) is 6.92 Å². The molecule has 1 atom stereocenters. The van der Waals surface area contributed by atoms with Crippen molar-refractivity contribution in [3.05, 3.63) is 29.8 Å². The van der Waals surface area contributed by atoms with Crippen LogP contribution in [0.1, 0.15) is 25.8 Å². The van der Waals surface area contributed by atoms with Gasteiger partial charge in [0.25, 0.3) is 6.47 Å². The number of hydrogen-bond donors (Lipinski definition) is 3. The number of benzene rings is 1. The van der Waals surface area contributed by atoms with Gasteiger partial charge in [0.05, 0.1) is 13.2 Å². The van der Waals surface area contributed by atoms with Gasteiger partial charge in [-0.2, -0.15) is 0 Å². The Kier molecular flexibility index (Phi) is 16.0. The van der Waals surface area contributed by atoms with Gasteiger partial charge < -0.3 is 20.3 Å². The fraction of sp³-hybridized carbons (Fsp3) is 0.533. The average molecular weight is 285 g/mol. The molecule has 1 aromatic rings. The number of methoxy groups -OCH3 is 1. The van der Waals surface area contributed by atoms with Gasteiger partial charge in [0.1, 0.15) is 5.75 Å². The largest absolute Gasteiger partial charge is 0.497 e. The molecule has 116 valence electrons. The lowest BCUT2D eigenvalue weighted by atomic mass is 10.2. The van der Waals surface area contributed by atoms with Gasteiger partial charge in [-0.3, -0.25) is 4.79 Å². The molecule has 0 bridgehead atoms. The van der Waals surface area contributed by atoms with Gasteiger partial charge in [0.2, 0.25) is 0 Å². The van der Waals surface area contributed by atoms with E-state index in [4.69, 9.17) is 19.7 Å². The quantitative estimate of drug-likeness (QED) is 0.688. The van der Waals surface area contributed by atoms with Crippen molar-refractivity contribution in [3.8, 4) is 5.75 Å². The number of aliphatic hydroxyl groups excluding tert-OH is 1. The highest BCUT2D eigenvalue weighted by Crippen LogP contribution is 2.09. The van der Waals surface area contributed by atoms with E-state index in [1.807, 2.05) is 38.1 Å². The summed E-state index contributed by atoms with van der Waals surface area (Å²) < 4.78 is 4.97. The van der Waals surface area contributed by atoms with E-state index in [-0.39, 0.29) is 12.6 Å². The van der Waals surface area contributed by atoms with Crippen LogP contribution in [-0.2, 0) is 4.79 Å². The average Bonchev–Trinajstić information content (AvgIpc) is 2.95. The fourth-order valence-electron chi connectivity index (χ4n) is 1.31. The van der Waals surface area contributed by atoms with Gasteiger partial charge >= 0.3 is 0 Å². The lowest BCUT2D eigenvalue weighted by Gasteiger charge is -1.97. The van der Waals surface area contributed by atoms with Gasteiger partial charge in [0.15, 0.2) is 0 Å². The molecule has 0 aliphatic carbocycles. The highest BCUT2D eigenvalue weighted by Gasteiger charge is 2.08. The fourth-order valence-corrected chi connectivity index (χ4v) is 1.31. The van der Waals surface area contributed by atoms with E-state index < -0.39 is 0 Å². The minimum Gasteiger partial charge on any atom is -0.497 e. The van der Waals surface area contributed by atoms with E-state index in [0.29, 0.717) is 0 Å². The molecule has 0 amide bonds. The highest BCUT2D eigenvalue weighted by molar-refractivity contribution is 5.32. The van der Waals surface area contributed by atoms with E-state index >= 15 is 0 Å². The Balaban J connectivity index is 0. The summed E-state index contributed by atoms with van der Waals surface area (Å²) in [6.07, 6.45) is 0.866. The molecule has 5 heteroatoms. The van der Waals surface area contributed by atoms with E-state index in [9.17, 15) is 0 Å². The van der Waals surface area contributed by atoms with Crippen LogP contribution < -0.4 is 10.1 Å². The van der Waals surface area contributed by atoms with E-state index in [0.717, 1.165) is 25.3 Å².